The zero-order chi connectivity index (χ0) is 14.9. The molecule has 8 heteroatoms. The van der Waals surface area contributed by atoms with Crippen LogP contribution in [0.25, 0.3) is 0 Å². The Morgan fingerprint density at radius 1 is 1.20 bits per heavy atom. The molecule has 0 aliphatic carbocycles. The van der Waals surface area contributed by atoms with Crippen LogP contribution in [-0.2, 0) is 10.0 Å². The van der Waals surface area contributed by atoms with Gasteiger partial charge in [0, 0.05) is 0 Å². The van der Waals surface area contributed by atoms with Crippen molar-refractivity contribution in [1.29, 1.82) is 0 Å². The van der Waals surface area contributed by atoms with Gasteiger partial charge in [-0.15, -0.1) is 11.3 Å². The van der Waals surface area contributed by atoms with Crippen molar-refractivity contribution in [1.82, 2.24) is 4.72 Å². The van der Waals surface area contributed by atoms with Gasteiger partial charge in [-0.1, -0.05) is 29.3 Å². The summed E-state index contributed by atoms with van der Waals surface area (Å²) in [5, 5.41) is 0.196. The van der Waals surface area contributed by atoms with Crippen molar-refractivity contribution in [3.63, 3.8) is 0 Å². The van der Waals surface area contributed by atoms with Crippen LogP contribution in [0.3, 0.4) is 0 Å². The van der Waals surface area contributed by atoms with Gasteiger partial charge < -0.3 is 0 Å². The van der Waals surface area contributed by atoms with Crippen molar-refractivity contribution in [3.8, 4) is 0 Å². The van der Waals surface area contributed by atoms with Crippen LogP contribution in [0.15, 0.2) is 34.5 Å². The SMILES string of the molecule is Cc1ccc(C(=O)NS(=O)(=O)c2ccc(Cl)s2)c(Cl)c1. The molecule has 20 heavy (non-hydrogen) atoms. The maximum atomic E-state index is 12.0. The van der Waals surface area contributed by atoms with Crippen LogP contribution in [0, 0.1) is 6.92 Å². The van der Waals surface area contributed by atoms with Gasteiger partial charge in [0.1, 0.15) is 4.21 Å². The summed E-state index contributed by atoms with van der Waals surface area (Å²) < 4.78 is 26.2. The van der Waals surface area contributed by atoms with Crippen molar-refractivity contribution in [2.24, 2.45) is 0 Å². The van der Waals surface area contributed by atoms with Crippen molar-refractivity contribution < 1.29 is 13.2 Å². The lowest BCUT2D eigenvalue weighted by atomic mass is 10.1. The molecule has 1 N–H and O–H groups in total. The first kappa shape index (κ1) is 15.3. The van der Waals surface area contributed by atoms with Gasteiger partial charge in [-0.05, 0) is 36.8 Å². The molecule has 0 bridgehead atoms. The van der Waals surface area contributed by atoms with Crippen molar-refractivity contribution in [2.45, 2.75) is 11.1 Å². The molecule has 2 rings (SSSR count). The summed E-state index contributed by atoms with van der Waals surface area (Å²) in [5.74, 6) is -0.778. The van der Waals surface area contributed by atoms with E-state index < -0.39 is 15.9 Å². The average molecular weight is 350 g/mol. The molecule has 1 amide bonds. The molecule has 0 aliphatic heterocycles. The summed E-state index contributed by atoms with van der Waals surface area (Å²) in [5.41, 5.74) is 0.975. The maximum Gasteiger partial charge on any atom is 0.273 e. The van der Waals surface area contributed by atoms with Crippen LogP contribution in [0.1, 0.15) is 15.9 Å². The van der Waals surface area contributed by atoms with Crippen molar-refractivity contribution in [3.05, 3.63) is 50.8 Å². The Labute approximate surface area is 130 Å². The monoisotopic (exact) mass is 349 g/mol. The lowest BCUT2D eigenvalue weighted by molar-refractivity contribution is 0.0981. The second-order valence-corrected chi connectivity index (χ2v) is 8.01. The minimum atomic E-state index is -3.94. The zero-order valence-corrected chi connectivity index (χ0v) is 13.3. The highest BCUT2D eigenvalue weighted by atomic mass is 35.5. The largest absolute Gasteiger partial charge is 0.273 e. The van der Waals surface area contributed by atoms with Gasteiger partial charge in [0.15, 0.2) is 0 Å². The predicted octanol–water partition coefficient (Wildman–Crippen LogP) is 3.48. The molecule has 1 aromatic carbocycles. The fraction of sp³-hybridized carbons (Fsp3) is 0.0833. The Bertz CT molecular complexity index is 769. The molecule has 0 aliphatic rings. The van der Waals surface area contributed by atoms with Crippen molar-refractivity contribution >= 4 is 50.5 Å². The lowest BCUT2D eigenvalue weighted by Gasteiger charge is -2.07. The molecule has 0 unspecified atom stereocenters. The number of rotatable bonds is 3. The van der Waals surface area contributed by atoms with E-state index in [4.69, 9.17) is 23.2 Å². The number of carbonyl (C=O) groups is 1. The van der Waals surface area contributed by atoms with Gasteiger partial charge >= 0.3 is 0 Å². The molecule has 1 heterocycles. The molecule has 0 radical (unpaired) electrons. The van der Waals surface area contributed by atoms with Crippen LogP contribution in [0.4, 0.5) is 0 Å². The van der Waals surface area contributed by atoms with Gasteiger partial charge in [-0.2, -0.15) is 0 Å². The predicted molar refractivity (Wildman–Crippen MR) is 80.2 cm³/mol. The van der Waals surface area contributed by atoms with E-state index in [1.165, 1.54) is 18.2 Å². The van der Waals surface area contributed by atoms with Crippen LogP contribution >= 0.6 is 34.5 Å². The fourth-order valence-corrected chi connectivity index (χ4v) is 4.24. The van der Waals surface area contributed by atoms with Gasteiger partial charge in [-0.25, -0.2) is 13.1 Å². The van der Waals surface area contributed by atoms with Gasteiger partial charge in [-0.3, -0.25) is 4.79 Å². The highest BCUT2D eigenvalue weighted by molar-refractivity contribution is 7.92. The Balaban J connectivity index is 2.27. The summed E-state index contributed by atoms with van der Waals surface area (Å²) in [6.07, 6.45) is 0. The van der Waals surface area contributed by atoms with E-state index in [0.29, 0.717) is 4.34 Å². The van der Waals surface area contributed by atoms with E-state index in [1.54, 1.807) is 12.1 Å². The summed E-state index contributed by atoms with van der Waals surface area (Å²) in [6, 6.07) is 7.52. The third-order valence-electron chi connectivity index (χ3n) is 2.41. The Kier molecular flexibility index (Phi) is 4.39. The highest BCUT2D eigenvalue weighted by Gasteiger charge is 2.21. The summed E-state index contributed by atoms with van der Waals surface area (Å²) in [6.45, 7) is 1.82. The molecular formula is C12H9Cl2NO3S2. The summed E-state index contributed by atoms with van der Waals surface area (Å²) in [7, 11) is -3.94. The van der Waals surface area contributed by atoms with E-state index in [0.717, 1.165) is 16.9 Å². The molecule has 0 saturated heterocycles. The second-order valence-electron chi connectivity index (χ2n) is 3.98. The molecule has 1 aromatic heterocycles. The van der Waals surface area contributed by atoms with E-state index in [9.17, 15) is 13.2 Å². The van der Waals surface area contributed by atoms with Gasteiger partial charge in [0.05, 0.1) is 14.9 Å². The smallest absolute Gasteiger partial charge is 0.268 e. The first-order valence-corrected chi connectivity index (χ1v) is 8.44. The number of sulfonamides is 1. The molecule has 0 atom stereocenters. The first-order valence-electron chi connectivity index (χ1n) is 5.38. The normalized spacial score (nSPS) is 11.3. The fourth-order valence-electron chi connectivity index (χ4n) is 1.47. The third-order valence-corrected chi connectivity index (χ3v) is 5.78. The Morgan fingerprint density at radius 3 is 2.45 bits per heavy atom. The minimum absolute atomic E-state index is 0.0286. The molecule has 4 nitrogen and oxygen atoms in total. The molecule has 0 saturated carbocycles. The van der Waals surface area contributed by atoms with Crippen LogP contribution in [0.2, 0.25) is 9.36 Å². The molecule has 106 valence electrons. The van der Waals surface area contributed by atoms with Crippen LogP contribution < -0.4 is 4.72 Å². The lowest BCUT2D eigenvalue weighted by Crippen LogP contribution is -2.30. The minimum Gasteiger partial charge on any atom is -0.268 e. The summed E-state index contributed by atoms with van der Waals surface area (Å²) in [4.78, 5) is 12.0. The second kappa shape index (κ2) is 5.73. The van der Waals surface area contributed by atoms with Crippen LogP contribution in [0.5, 0.6) is 0 Å². The molecule has 2 aromatic rings. The number of nitrogens with one attached hydrogen (secondary N) is 1. The van der Waals surface area contributed by atoms with E-state index >= 15 is 0 Å². The van der Waals surface area contributed by atoms with Crippen molar-refractivity contribution in [2.75, 3.05) is 0 Å². The number of aryl methyl sites for hydroxylation is 1. The average Bonchev–Trinajstić information content (AvgIpc) is 2.75. The number of carbonyl (C=O) groups excluding carboxylic acids is 1. The first-order chi connectivity index (χ1) is 9.29. The number of benzene rings is 1. The van der Waals surface area contributed by atoms with Crippen LogP contribution in [-0.4, -0.2) is 14.3 Å². The van der Waals surface area contributed by atoms with Gasteiger partial charge in [0.2, 0.25) is 0 Å². The van der Waals surface area contributed by atoms with Gasteiger partial charge in [0.25, 0.3) is 15.9 Å². The third kappa shape index (κ3) is 3.32. The molecule has 0 fully saturated rings. The molecule has 0 spiro atoms. The van der Waals surface area contributed by atoms with E-state index in [2.05, 4.69) is 0 Å². The topological polar surface area (TPSA) is 63.2 Å². The number of amides is 1. The summed E-state index contributed by atoms with van der Waals surface area (Å²) >= 11 is 12.5. The number of hydrogen-bond acceptors (Lipinski definition) is 4. The van der Waals surface area contributed by atoms with E-state index in [1.807, 2.05) is 11.6 Å². The number of thiophene rings is 1. The zero-order valence-electron chi connectivity index (χ0n) is 10.2. The Morgan fingerprint density at radius 2 is 1.90 bits per heavy atom. The molecular weight excluding hydrogens is 341 g/mol. The number of halogens is 2. The highest BCUT2D eigenvalue weighted by Crippen LogP contribution is 2.26. The number of hydrogen-bond donors (Lipinski definition) is 1. The van der Waals surface area contributed by atoms with E-state index in [-0.39, 0.29) is 14.8 Å². The standard InChI is InChI=1S/C12H9Cl2NO3S2/c1-7-2-3-8(9(13)6-7)12(16)15-20(17,18)11-5-4-10(14)19-11/h2-6H,1H3,(H,15,16). The maximum absolute atomic E-state index is 12.0. The quantitative estimate of drug-likeness (QED) is 0.922. The Hall–Kier alpha value is -1.08.